The number of methoxy groups -OCH3 is 1. The normalized spacial score (nSPS) is 16.4. The van der Waals surface area contributed by atoms with Gasteiger partial charge in [-0.25, -0.2) is 4.79 Å². The van der Waals surface area contributed by atoms with Crippen LogP contribution in [0.2, 0.25) is 0 Å². The fraction of sp³-hybridized carbons (Fsp3) is 0.367. The average molecular weight is 563 g/mol. The summed E-state index contributed by atoms with van der Waals surface area (Å²) in [5.41, 5.74) is 4.58. The highest BCUT2D eigenvalue weighted by Gasteiger charge is 2.30. The molecule has 0 spiro atoms. The van der Waals surface area contributed by atoms with Crippen LogP contribution < -0.4 is 30.3 Å². The van der Waals surface area contributed by atoms with Gasteiger partial charge in [-0.15, -0.1) is 0 Å². The predicted molar refractivity (Wildman–Crippen MR) is 162 cm³/mol. The Morgan fingerprint density at radius 2 is 1.77 bits per heavy atom. The lowest BCUT2D eigenvalue weighted by Crippen LogP contribution is -2.35. The number of fused-ring (bicyclic) bond motifs is 1. The van der Waals surface area contributed by atoms with E-state index in [0.717, 1.165) is 22.4 Å². The highest BCUT2D eigenvalue weighted by Crippen LogP contribution is 2.41. The molecule has 0 bridgehead atoms. The van der Waals surface area contributed by atoms with Crippen molar-refractivity contribution in [3.8, 4) is 11.5 Å². The summed E-state index contributed by atoms with van der Waals surface area (Å²) >= 11 is 1.46. The fourth-order valence-electron chi connectivity index (χ4n) is 4.89. The van der Waals surface area contributed by atoms with Crippen molar-refractivity contribution in [1.82, 2.24) is 9.88 Å². The van der Waals surface area contributed by atoms with Crippen LogP contribution in [0.3, 0.4) is 0 Å². The van der Waals surface area contributed by atoms with E-state index in [1.807, 2.05) is 36.6 Å². The maximum Gasteiger partial charge on any atom is 0.319 e. The molecule has 2 atom stereocenters. The molecule has 0 radical (unpaired) electrons. The Bertz CT molecular complexity index is 1460. The lowest BCUT2D eigenvalue weighted by Gasteiger charge is -2.32. The van der Waals surface area contributed by atoms with Crippen molar-refractivity contribution < 1.29 is 14.3 Å². The van der Waals surface area contributed by atoms with Crippen molar-refractivity contribution >= 4 is 35.2 Å². The first-order chi connectivity index (χ1) is 19.0. The van der Waals surface area contributed by atoms with E-state index >= 15 is 0 Å². The number of nitrogens with zero attached hydrogens (tertiary/aromatic N) is 1. The minimum atomic E-state index is -0.313. The minimum absolute atomic E-state index is 0.122. The predicted octanol–water partition coefficient (Wildman–Crippen LogP) is 6.59. The summed E-state index contributed by atoms with van der Waals surface area (Å²) < 4.78 is 16.8. The molecule has 4 rings (SSSR count). The number of aromatic nitrogens is 1. The Hall–Kier alpha value is -3.92. The van der Waals surface area contributed by atoms with Crippen LogP contribution in [0.15, 0.2) is 54.7 Å². The van der Waals surface area contributed by atoms with Gasteiger partial charge in [-0.1, -0.05) is 57.0 Å². The molecule has 1 aromatic heterocycles. The number of ether oxygens (including phenoxy) is 2. The van der Waals surface area contributed by atoms with Gasteiger partial charge in [0, 0.05) is 6.26 Å². The zero-order valence-electron chi connectivity index (χ0n) is 23.8. The maximum absolute atomic E-state index is 13.3. The van der Waals surface area contributed by atoms with Crippen LogP contribution in [0.5, 0.6) is 11.5 Å². The van der Waals surface area contributed by atoms with Crippen molar-refractivity contribution in [2.75, 3.05) is 23.4 Å². The number of anilines is 2. The molecule has 2 aromatic carbocycles. The van der Waals surface area contributed by atoms with E-state index < -0.39 is 0 Å². The maximum atomic E-state index is 13.3. The standard InChI is InChI=1S/C30H38N6O3S/c1-18(31)36-17-20(11-14-27(36)32)39-26-13-12-23(21-9-7-8-10-22(21)26)33-29(37)34-24-15-19(30(2,3)4)16-25(35-40-6)28(24)38-5/h7-11,14-17,23,26,31-32,35H,12-13H2,1-6H3,(H2,33,34,37). The second-order valence-electron chi connectivity index (χ2n) is 10.8. The van der Waals surface area contributed by atoms with Gasteiger partial charge in [-0.2, -0.15) is 0 Å². The third-order valence-electron chi connectivity index (χ3n) is 6.92. The molecule has 0 aliphatic heterocycles. The second-order valence-corrected chi connectivity index (χ2v) is 11.4. The fourth-order valence-corrected chi connectivity index (χ4v) is 5.26. The van der Waals surface area contributed by atoms with Gasteiger partial charge in [0.15, 0.2) is 5.75 Å². The van der Waals surface area contributed by atoms with E-state index in [0.29, 0.717) is 30.0 Å². The minimum Gasteiger partial charge on any atom is -0.492 e. The van der Waals surface area contributed by atoms with Crippen molar-refractivity contribution in [2.24, 2.45) is 0 Å². The highest BCUT2D eigenvalue weighted by atomic mass is 32.2. The number of pyridine rings is 1. The number of nitrogens with one attached hydrogen (secondary N) is 5. The smallest absolute Gasteiger partial charge is 0.319 e. The van der Waals surface area contributed by atoms with Crippen LogP contribution in [0.1, 0.15) is 69.4 Å². The molecule has 212 valence electrons. The Morgan fingerprint density at radius 3 is 2.42 bits per heavy atom. The molecule has 0 saturated carbocycles. The summed E-state index contributed by atoms with van der Waals surface area (Å²) in [7, 11) is 1.60. The van der Waals surface area contributed by atoms with Crippen LogP contribution in [-0.2, 0) is 5.41 Å². The third-order valence-corrected chi connectivity index (χ3v) is 7.35. The third kappa shape index (κ3) is 6.44. The molecule has 1 heterocycles. The zero-order valence-corrected chi connectivity index (χ0v) is 24.7. The summed E-state index contributed by atoms with van der Waals surface area (Å²) in [6.45, 7) is 8.03. The SMILES string of the molecule is COc1c(NSC)cc(C(C)(C)C)cc1NC(=O)NC1CCC(Oc2ccc(=N)n(C(C)=N)c2)c2ccccc21. The largest absolute Gasteiger partial charge is 0.492 e. The molecule has 0 fully saturated rings. The lowest BCUT2D eigenvalue weighted by molar-refractivity contribution is 0.171. The van der Waals surface area contributed by atoms with E-state index in [1.165, 1.54) is 16.5 Å². The van der Waals surface area contributed by atoms with Gasteiger partial charge in [0.1, 0.15) is 23.2 Å². The second kappa shape index (κ2) is 12.1. The van der Waals surface area contributed by atoms with E-state index in [-0.39, 0.29) is 34.9 Å². The van der Waals surface area contributed by atoms with Gasteiger partial charge in [0.25, 0.3) is 0 Å². The van der Waals surface area contributed by atoms with E-state index in [4.69, 9.17) is 20.3 Å². The highest BCUT2D eigenvalue weighted by molar-refractivity contribution is 7.99. The van der Waals surface area contributed by atoms with Gasteiger partial charge < -0.3 is 24.8 Å². The first kappa shape index (κ1) is 29.1. The molecule has 9 nitrogen and oxygen atoms in total. The number of benzene rings is 2. The van der Waals surface area contributed by atoms with Crippen LogP contribution in [0.25, 0.3) is 0 Å². The van der Waals surface area contributed by atoms with Crippen molar-refractivity contribution in [2.45, 2.75) is 58.1 Å². The Morgan fingerprint density at radius 1 is 1.07 bits per heavy atom. The number of carbonyl (C=O) groups is 1. The Kier molecular flexibility index (Phi) is 8.78. The first-order valence-electron chi connectivity index (χ1n) is 13.2. The number of carbonyl (C=O) groups excluding carboxylic acids is 1. The molecular weight excluding hydrogens is 524 g/mol. The Labute approximate surface area is 239 Å². The van der Waals surface area contributed by atoms with Crippen molar-refractivity contribution in [3.63, 3.8) is 0 Å². The monoisotopic (exact) mass is 562 g/mol. The summed E-state index contributed by atoms with van der Waals surface area (Å²) in [6.07, 6.45) is 4.78. The molecule has 1 aliphatic rings. The number of rotatable bonds is 7. The molecular formula is C30H38N6O3S. The average Bonchev–Trinajstić information content (AvgIpc) is 2.90. The Balaban J connectivity index is 1.55. The summed E-state index contributed by atoms with van der Waals surface area (Å²) in [6, 6.07) is 14.9. The van der Waals surface area contributed by atoms with Crippen LogP contribution in [0.4, 0.5) is 16.2 Å². The van der Waals surface area contributed by atoms with Gasteiger partial charge in [-0.3, -0.25) is 15.4 Å². The number of urea groups is 1. The van der Waals surface area contributed by atoms with E-state index in [9.17, 15) is 4.79 Å². The number of hydrogen-bond acceptors (Lipinski definition) is 7. The number of hydrogen-bond donors (Lipinski definition) is 5. The quantitative estimate of drug-likeness (QED) is 0.126. The molecule has 0 saturated heterocycles. The van der Waals surface area contributed by atoms with Crippen LogP contribution in [-0.4, -0.2) is 29.8 Å². The first-order valence-corrected chi connectivity index (χ1v) is 14.4. The molecule has 5 N–H and O–H groups in total. The summed E-state index contributed by atoms with van der Waals surface area (Å²) in [4.78, 5) is 13.3. The van der Waals surface area contributed by atoms with Gasteiger partial charge in [0.05, 0.1) is 30.7 Å². The number of amides is 2. The summed E-state index contributed by atoms with van der Waals surface area (Å²) in [5, 5.41) is 22.1. The van der Waals surface area contributed by atoms with Gasteiger partial charge in [0.2, 0.25) is 0 Å². The zero-order chi connectivity index (χ0) is 29.0. The molecule has 10 heteroatoms. The van der Waals surface area contributed by atoms with Crippen molar-refractivity contribution in [3.05, 3.63) is 76.9 Å². The van der Waals surface area contributed by atoms with E-state index in [2.05, 4.69) is 42.2 Å². The molecule has 1 aliphatic carbocycles. The molecule has 2 amide bonds. The van der Waals surface area contributed by atoms with Crippen molar-refractivity contribution in [1.29, 1.82) is 10.8 Å². The van der Waals surface area contributed by atoms with Crippen LogP contribution in [0, 0.1) is 10.8 Å². The molecule has 3 aromatic rings. The van der Waals surface area contributed by atoms with Crippen LogP contribution >= 0.6 is 11.9 Å². The molecule has 2 unspecified atom stereocenters. The van der Waals surface area contributed by atoms with Gasteiger partial charge in [-0.05, 0) is 66.1 Å². The van der Waals surface area contributed by atoms with E-state index in [1.54, 1.807) is 32.4 Å². The lowest BCUT2D eigenvalue weighted by atomic mass is 9.85. The topological polar surface area (TPSA) is 124 Å². The summed E-state index contributed by atoms with van der Waals surface area (Å²) in [5.74, 6) is 1.41. The van der Waals surface area contributed by atoms with Gasteiger partial charge >= 0.3 is 6.03 Å². The molecule has 40 heavy (non-hydrogen) atoms.